The molecule has 4 aromatic rings. The summed E-state index contributed by atoms with van der Waals surface area (Å²) in [6.45, 7) is 15.6. The Morgan fingerprint density at radius 3 is 1.85 bits per heavy atom. The Hall–Kier alpha value is -5.54. The van der Waals surface area contributed by atoms with Gasteiger partial charge in [0.2, 0.25) is 0 Å². The lowest BCUT2D eigenvalue weighted by Gasteiger charge is -2.28. The van der Waals surface area contributed by atoms with Crippen LogP contribution in [0.4, 0.5) is 22.7 Å². The lowest BCUT2D eigenvalue weighted by Crippen LogP contribution is -2.15. The van der Waals surface area contributed by atoms with Crippen LogP contribution in [-0.2, 0) is 0 Å². The van der Waals surface area contributed by atoms with E-state index in [-0.39, 0.29) is 0 Å². The van der Waals surface area contributed by atoms with E-state index in [4.69, 9.17) is 4.74 Å². The van der Waals surface area contributed by atoms with Crippen molar-refractivity contribution in [3.63, 3.8) is 0 Å². The van der Waals surface area contributed by atoms with Crippen molar-refractivity contribution in [3.8, 4) is 5.75 Å². The van der Waals surface area contributed by atoms with Gasteiger partial charge in [-0.2, -0.15) is 0 Å². The van der Waals surface area contributed by atoms with Gasteiger partial charge in [0.25, 0.3) is 0 Å². The predicted molar refractivity (Wildman–Crippen MR) is 213 cm³/mol. The number of hydrogen-bond donors (Lipinski definition) is 0. The molecule has 0 unspecified atom stereocenters. The highest BCUT2D eigenvalue weighted by molar-refractivity contribution is 5.79. The summed E-state index contributed by atoms with van der Waals surface area (Å²) >= 11 is 0. The fourth-order valence-corrected chi connectivity index (χ4v) is 5.19. The van der Waals surface area contributed by atoms with Crippen LogP contribution in [0, 0.1) is 0 Å². The normalized spacial score (nSPS) is 12.0. The molecule has 0 bridgehead atoms. The van der Waals surface area contributed by atoms with Gasteiger partial charge in [-0.25, -0.2) is 0 Å². The third kappa shape index (κ3) is 10.2. The van der Waals surface area contributed by atoms with Gasteiger partial charge in [0.05, 0.1) is 7.11 Å². The highest BCUT2D eigenvalue weighted by atomic mass is 16.5. The number of nitrogens with zero attached hydrogens (tertiary/aromatic N) is 2. The van der Waals surface area contributed by atoms with Crippen LogP contribution >= 0.6 is 0 Å². The van der Waals surface area contributed by atoms with E-state index in [0.717, 1.165) is 51.7 Å². The highest BCUT2D eigenvalue weighted by Crippen LogP contribution is 2.35. The molecule has 3 heteroatoms. The van der Waals surface area contributed by atoms with Crippen LogP contribution < -0.4 is 14.5 Å². The van der Waals surface area contributed by atoms with Crippen molar-refractivity contribution < 1.29 is 4.74 Å². The lowest BCUT2D eigenvalue weighted by molar-refractivity contribution is 0.415. The molecular formula is C45H50N2O. The summed E-state index contributed by atoms with van der Waals surface area (Å²) in [6, 6.07) is 34.0. The zero-order chi connectivity index (χ0) is 34.7. The van der Waals surface area contributed by atoms with Gasteiger partial charge in [0, 0.05) is 35.5 Å². The molecule has 5 rings (SSSR count). The van der Waals surface area contributed by atoms with Crippen molar-refractivity contribution in [1.82, 2.24) is 0 Å². The van der Waals surface area contributed by atoms with Crippen molar-refractivity contribution >= 4 is 40.5 Å². The van der Waals surface area contributed by atoms with Crippen molar-refractivity contribution in [2.75, 3.05) is 24.0 Å². The molecule has 0 heterocycles. The zero-order valence-corrected chi connectivity index (χ0v) is 29.4. The first-order chi connectivity index (χ1) is 23.5. The van der Waals surface area contributed by atoms with Crippen molar-refractivity contribution in [2.45, 2.75) is 34.1 Å². The highest BCUT2D eigenvalue weighted by Gasteiger charge is 2.14. The predicted octanol–water partition coefficient (Wildman–Crippen LogP) is 13.0. The van der Waals surface area contributed by atoms with Gasteiger partial charge < -0.3 is 14.5 Å². The fourth-order valence-electron chi connectivity index (χ4n) is 5.19. The van der Waals surface area contributed by atoms with Crippen LogP contribution in [0.3, 0.4) is 0 Å². The lowest BCUT2D eigenvalue weighted by atomic mass is 10.0. The minimum Gasteiger partial charge on any atom is -0.497 e. The van der Waals surface area contributed by atoms with Gasteiger partial charge in [-0.1, -0.05) is 118 Å². The number of allylic oxidation sites excluding steroid dienone is 10. The molecule has 246 valence electrons. The number of ether oxygens (including phenoxy) is 1. The van der Waals surface area contributed by atoms with Gasteiger partial charge >= 0.3 is 0 Å². The van der Waals surface area contributed by atoms with E-state index in [1.54, 1.807) is 13.2 Å². The molecule has 0 amide bonds. The average Bonchev–Trinajstić information content (AvgIpc) is 3.44. The Kier molecular flexibility index (Phi) is 15.3. The second-order valence-corrected chi connectivity index (χ2v) is 10.7. The van der Waals surface area contributed by atoms with Crippen molar-refractivity contribution in [1.29, 1.82) is 0 Å². The van der Waals surface area contributed by atoms with E-state index in [1.807, 2.05) is 57.2 Å². The maximum Gasteiger partial charge on any atom is 0.119 e. The molecule has 0 radical (unpaired) electrons. The van der Waals surface area contributed by atoms with Gasteiger partial charge in [-0.3, -0.25) is 0 Å². The van der Waals surface area contributed by atoms with Crippen LogP contribution in [0.2, 0.25) is 0 Å². The SMILES string of the molecule is C=C/C=C\C.C=Cc1ccccc1/C=C(\C)N(c1ccc(C2=CCC=CC=C2)cc1)c1ccc(N(C)c2ccc(OC)cc2)cc1.CC. The van der Waals surface area contributed by atoms with Crippen LogP contribution in [0.25, 0.3) is 17.7 Å². The monoisotopic (exact) mass is 634 g/mol. The Bertz CT molecular complexity index is 1730. The summed E-state index contributed by atoms with van der Waals surface area (Å²) in [5.74, 6) is 0.850. The molecule has 0 saturated carbocycles. The van der Waals surface area contributed by atoms with Crippen molar-refractivity contribution in [2.24, 2.45) is 0 Å². The molecule has 0 aliphatic heterocycles. The number of hydrogen-bond acceptors (Lipinski definition) is 3. The molecule has 0 spiro atoms. The maximum absolute atomic E-state index is 5.32. The van der Waals surface area contributed by atoms with E-state index >= 15 is 0 Å². The summed E-state index contributed by atoms with van der Waals surface area (Å²) in [5.41, 5.74) is 10.2. The van der Waals surface area contributed by atoms with E-state index in [9.17, 15) is 0 Å². The molecule has 0 N–H and O–H groups in total. The second-order valence-electron chi connectivity index (χ2n) is 10.7. The molecular weight excluding hydrogens is 585 g/mol. The first-order valence-electron chi connectivity index (χ1n) is 16.5. The van der Waals surface area contributed by atoms with Crippen LogP contribution in [0.15, 0.2) is 165 Å². The molecule has 4 aromatic carbocycles. The first kappa shape index (κ1) is 36.9. The van der Waals surface area contributed by atoms with E-state index in [1.165, 1.54) is 11.1 Å². The van der Waals surface area contributed by atoms with Crippen LogP contribution in [-0.4, -0.2) is 14.2 Å². The Morgan fingerprint density at radius 2 is 1.31 bits per heavy atom. The van der Waals surface area contributed by atoms with Gasteiger partial charge in [0.15, 0.2) is 0 Å². The quantitative estimate of drug-likeness (QED) is 0.161. The number of rotatable bonds is 10. The molecule has 1 aliphatic rings. The van der Waals surface area contributed by atoms with Gasteiger partial charge in [-0.05, 0) is 109 Å². The van der Waals surface area contributed by atoms with Gasteiger partial charge in [0.1, 0.15) is 5.75 Å². The van der Waals surface area contributed by atoms with Gasteiger partial charge in [-0.15, -0.1) is 0 Å². The van der Waals surface area contributed by atoms with E-state index in [2.05, 4.69) is 152 Å². The third-order valence-electron chi connectivity index (χ3n) is 7.67. The summed E-state index contributed by atoms with van der Waals surface area (Å²) in [6.07, 6.45) is 21.5. The topological polar surface area (TPSA) is 15.7 Å². The Morgan fingerprint density at radius 1 is 0.750 bits per heavy atom. The molecule has 0 atom stereocenters. The number of anilines is 4. The average molecular weight is 635 g/mol. The smallest absolute Gasteiger partial charge is 0.119 e. The number of benzene rings is 4. The molecule has 0 saturated heterocycles. The molecule has 0 aromatic heterocycles. The molecule has 48 heavy (non-hydrogen) atoms. The summed E-state index contributed by atoms with van der Waals surface area (Å²) in [4.78, 5) is 4.48. The Labute approximate surface area is 289 Å². The largest absolute Gasteiger partial charge is 0.497 e. The molecule has 1 aliphatic carbocycles. The Balaban J connectivity index is 0.000000818. The fraction of sp³-hybridized carbons (Fsp3) is 0.156. The van der Waals surface area contributed by atoms with Crippen LogP contribution in [0.1, 0.15) is 50.8 Å². The summed E-state index contributed by atoms with van der Waals surface area (Å²) < 4.78 is 5.32. The number of methoxy groups -OCH3 is 1. The molecule has 3 nitrogen and oxygen atoms in total. The third-order valence-corrected chi connectivity index (χ3v) is 7.67. The van der Waals surface area contributed by atoms with E-state index < -0.39 is 0 Å². The first-order valence-corrected chi connectivity index (χ1v) is 16.5. The van der Waals surface area contributed by atoms with Crippen molar-refractivity contribution in [3.05, 3.63) is 181 Å². The zero-order valence-electron chi connectivity index (χ0n) is 29.4. The minimum atomic E-state index is 0.850. The summed E-state index contributed by atoms with van der Waals surface area (Å²) in [5, 5.41) is 0. The minimum absolute atomic E-state index is 0.850. The van der Waals surface area contributed by atoms with Crippen LogP contribution in [0.5, 0.6) is 5.75 Å². The summed E-state index contributed by atoms with van der Waals surface area (Å²) in [7, 11) is 3.77. The molecule has 0 fully saturated rings. The maximum atomic E-state index is 5.32. The standard InChI is InChI=1S/C38H36N2O.C5H8.C2H6/c1-5-30-12-10-11-15-33(30)28-29(2)40(36-18-16-32(17-19-36)31-13-8-6-7-9-14-31)37-22-20-34(21-23-37)39(3)35-24-26-38(41-4)27-25-35;1-3-5-4-2;1-2/h5-8,10-28H,1,9H2,2-4H3;3-5H,1H2,2H3;1-2H3/b29-28+;5-4-;. The second kappa shape index (κ2) is 19.9. The van der Waals surface area contributed by atoms with E-state index in [0.29, 0.717) is 0 Å².